The third-order valence-corrected chi connectivity index (χ3v) is 3.56. The van der Waals surface area contributed by atoms with E-state index in [4.69, 9.17) is 9.47 Å². The molecule has 0 saturated heterocycles. The van der Waals surface area contributed by atoms with Gasteiger partial charge >= 0.3 is 0 Å². The number of amides is 1. The Kier molecular flexibility index (Phi) is 4.28. The average molecular weight is 311 g/mol. The van der Waals surface area contributed by atoms with E-state index >= 15 is 0 Å². The zero-order chi connectivity index (χ0) is 16.2. The van der Waals surface area contributed by atoms with Crippen molar-refractivity contribution in [2.45, 2.75) is 19.4 Å². The zero-order valence-corrected chi connectivity index (χ0v) is 12.7. The van der Waals surface area contributed by atoms with Gasteiger partial charge in [0.25, 0.3) is 0 Å². The van der Waals surface area contributed by atoms with Crippen molar-refractivity contribution in [3.63, 3.8) is 0 Å². The second-order valence-corrected chi connectivity index (χ2v) is 5.38. The van der Waals surface area contributed by atoms with Gasteiger partial charge in [0.05, 0.1) is 6.42 Å². The SMILES string of the molecule is CC(=O)c1ccc(NC(=O)C[C@@H]2COc3ccccc3O2)cc1. The van der Waals surface area contributed by atoms with Crippen molar-refractivity contribution in [3.05, 3.63) is 54.1 Å². The number of rotatable bonds is 4. The summed E-state index contributed by atoms with van der Waals surface area (Å²) in [4.78, 5) is 23.3. The summed E-state index contributed by atoms with van der Waals surface area (Å²) in [5, 5.41) is 2.79. The van der Waals surface area contributed by atoms with E-state index in [1.54, 1.807) is 24.3 Å². The summed E-state index contributed by atoms with van der Waals surface area (Å²) in [6, 6.07) is 14.2. The summed E-state index contributed by atoms with van der Waals surface area (Å²) in [5.74, 6) is 1.19. The Morgan fingerprint density at radius 1 is 1.09 bits per heavy atom. The maximum Gasteiger partial charge on any atom is 0.228 e. The zero-order valence-electron chi connectivity index (χ0n) is 12.7. The molecular weight excluding hydrogens is 294 g/mol. The number of hydrogen-bond acceptors (Lipinski definition) is 4. The standard InChI is InChI=1S/C18H17NO4/c1-12(20)13-6-8-14(9-7-13)19-18(21)10-15-11-22-16-4-2-3-5-17(16)23-15/h2-9,15H,10-11H2,1H3,(H,19,21)/t15-/m1/s1. The summed E-state index contributed by atoms with van der Waals surface area (Å²) >= 11 is 0. The summed E-state index contributed by atoms with van der Waals surface area (Å²) < 4.78 is 11.3. The Morgan fingerprint density at radius 2 is 1.78 bits per heavy atom. The topological polar surface area (TPSA) is 64.6 Å². The lowest BCUT2D eigenvalue weighted by Crippen LogP contribution is -2.33. The third kappa shape index (κ3) is 3.69. The van der Waals surface area contributed by atoms with Crippen LogP contribution in [0.4, 0.5) is 5.69 Å². The molecule has 23 heavy (non-hydrogen) atoms. The Balaban J connectivity index is 1.57. The van der Waals surface area contributed by atoms with E-state index < -0.39 is 0 Å². The largest absolute Gasteiger partial charge is 0.486 e. The van der Waals surface area contributed by atoms with Crippen LogP contribution in [0.1, 0.15) is 23.7 Å². The van der Waals surface area contributed by atoms with E-state index in [1.165, 1.54) is 6.92 Å². The van der Waals surface area contributed by atoms with Gasteiger partial charge in [0.2, 0.25) is 5.91 Å². The minimum Gasteiger partial charge on any atom is -0.486 e. The van der Waals surface area contributed by atoms with Crippen LogP contribution in [-0.2, 0) is 4.79 Å². The highest BCUT2D eigenvalue weighted by molar-refractivity contribution is 5.95. The molecular formula is C18H17NO4. The van der Waals surface area contributed by atoms with Crippen molar-refractivity contribution in [2.75, 3.05) is 11.9 Å². The Labute approximate surface area is 134 Å². The number of para-hydroxylation sites is 2. The maximum atomic E-state index is 12.1. The summed E-state index contributed by atoms with van der Waals surface area (Å²) in [6.07, 6.45) is -0.121. The van der Waals surface area contributed by atoms with Gasteiger partial charge in [0, 0.05) is 11.3 Å². The van der Waals surface area contributed by atoms with Crippen LogP contribution in [0.3, 0.4) is 0 Å². The number of benzene rings is 2. The Hall–Kier alpha value is -2.82. The first-order valence-electron chi connectivity index (χ1n) is 7.41. The van der Waals surface area contributed by atoms with E-state index in [9.17, 15) is 9.59 Å². The smallest absolute Gasteiger partial charge is 0.228 e. The number of carbonyl (C=O) groups is 2. The van der Waals surface area contributed by atoms with Crippen LogP contribution in [0.25, 0.3) is 0 Å². The first-order chi connectivity index (χ1) is 11.1. The highest BCUT2D eigenvalue weighted by Gasteiger charge is 2.23. The minimum atomic E-state index is -0.318. The van der Waals surface area contributed by atoms with Gasteiger partial charge < -0.3 is 14.8 Å². The van der Waals surface area contributed by atoms with E-state index in [1.807, 2.05) is 24.3 Å². The highest BCUT2D eigenvalue weighted by atomic mass is 16.6. The van der Waals surface area contributed by atoms with Crippen LogP contribution in [0.2, 0.25) is 0 Å². The molecule has 118 valence electrons. The summed E-state index contributed by atoms with van der Waals surface area (Å²) in [7, 11) is 0. The number of carbonyl (C=O) groups excluding carboxylic acids is 2. The van der Waals surface area contributed by atoms with E-state index in [0.717, 1.165) is 0 Å². The van der Waals surface area contributed by atoms with Crippen LogP contribution in [0, 0.1) is 0 Å². The number of nitrogens with one attached hydrogen (secondary N) is 1. The molecule has 0 unspecified atom stereocenters. The van der Waals surface area contributed by atoms with Crippen LogP contribution in [0.15, 0.2) is 48.5 Å². The molecule has 2 aromatic rings. The molecule has 1 atom stereocenters. The van der Waals surface area contributed by atoms with Crippen molar-refractivity contribution >= 4 is 17.4 Å². The lowest BCUT2D eigenvalue weighted by Gasteiger charge is -2.26. The van der Waals surface area contributed by atoms with E-state index in [0.29, 0.717) is 29.4 Å². The molecule has 5 nitrogen and oxygen atoms in total. The van der Waals surface area contributed by atoms with Crippen LogP contribution in [0.5, 0.6) is 11.5 Å². The molecule has 0 radical (unpaired) electrons. The van der Waals surface area contributed by atoms with Crippen molar-refractivity contribution in [1.29, 1.82) is 0 Å². The number of hydrogen-bond donors (Lipinski definition) is 1. The van der Waals surface area contributed by atoms with Crippen LogP contribution < -0.4 is 14.8 Å². The fourth-order valence-electron chi connectivity index (χ4n) is 2.37. The molecule has 0 saturated carbocycles. The van der Waals surface area contributed by atoms with Crippen molar-refractivity contribution in [2.24, 2.45) is 0 Å². The number of ether oxygens (including phenoxy) is 2. The lowest BCUT2D eigenvalue weighted by atomic mass is 10.1. The molecule has 1 aliphatic rings. The number of Topliss-reactive ketones (excluding diaryl/α,β-unsaturated/α-hetero) is 1. The lowest BCUT2D eigenvalue weighted by molar-refractivity contribution is -0.118. The molecule has 0 spiro atoms. The van der Waals surface area contributed by atoms with Crippen molar-refractivity contribution in [3.8, 4) is 11.5 Å². The maximum absolute atomic E-state index is 12.1. The first-order valence-corrected chi connectivity index (χ1v) is 7.41. The predicted octanol–water partition coefficient (Wildman–Crippen LogP) is 3.06. The van der Waals surface area contributed by atoms with Crippen molar-refractivity contribution < 1.29 is 19.1 Å². The number of anilines is 1. The molecule has 1 amide bonds. The molecule has 5 heteroatoms. The van der Waals surface area contributed by atoms with Gasteiger partial charge in [-0.25, -0.2) is 0 Å². The van der Waals surface area contributed by atoms with Gasteiger partial charge in [-0.2, -0.15) is 0 Å². The second kappa shape index (κ2) is 6.52. The van der Waals surface area contributed by atoms with Gasteiger partial charge in [0.15, 0.2) is 17.3 Å². The Bertz CT molecular complexity index is 724. The van der Waals surface area contributed by atoms with Gasteiger partial charge in [-0.15, -0.1) is 0 Å². The van der Waals surface area contributed by atoms with Crippen LogP contribution >= 0.6 is 0 Å². The molecule has 0 bridgehead atoms. The molecule has 1 aliphatic heterocycles. The van der Waals surface area contributed by atoms with Gasteiger partial charge in [-0.05, 0) is 43.3 Å². The minimum absolute atomic E-state index is 0.00528. The second-order valence-electron chi connectivity index (χ2n) is 5.38. The number of fused-ring (bicyclic) bond motifs is 1. The average Bonchev–Trinajstić information content (AvgIpc) is 2.55. The Morgan fingerprint density at radius 3 is 2.48 bits per heavy atom. The van der Waals surface area contributed by atoms with Crippen molar-refractivity contribution in [1.82, 2.24) is 0 Å². The fourth-order valence-corrected chi connectivity index (χ4v) is 2.37. The van der Waals surface area contributed by atoms with Crippen LogP contribution in [-0.4, -0.2) is 24.4 Å². The molecule has 2 aromatic carbocycles. The number of ketones is 1. The van der Waals surface area contributed by atoms with Gasteiger partial charge in [0.1, 0.15) is 12.7 Å². The first kappa shape index (κ1) is 15.1. The van der Waals surface area contributed by atoms with Gasteiger partial charge in [-0.3, -0.25) is 9.59 Å². The normalized spacial score (nSPS) is 15.8. The highest BCUT2D eigenvalue weighted by Crippen LogP contribution is 2.31. The van der Waals surface area contributed by atoms with E-state index in [-0.39, 0.29) is 24.2 Å². The molecule has 0 aliphatic carbocycles. The summed E-state index contributed by atoms with van der Waals surface area (Å²) in [6.45, 7) is 1.85. The monoisotopic (exact) mass is 311 g/mol. The molecule has 3 rings (SSSR count). The molecule has 0 fully saturated rings. The molecule has 0 aromatic heterocycles. The van der Waals surface area contributed by atoms with E-state index in [2.05, 4.69) is 5.32 Å². The third-order valence-electron chi connectivity index (χ3n) is 3.56. The molecule has 1 N–H and O–H groups in total. The predicted molar refractivity (Wildman–Crippen MR) is 86.0 cm³/mol. The quantitative estimate of drug-likeness (QED) is 0.881. The van der Waals surface area contributed by atoms with Gasteiger partial charge in [-0.1, -0.05) is 12.1 Å². The fraction of sp³-hybridized carbons (Fsp3) is 0.222. The molecule has 1 heterocycles. The summed E-state index contributed by atoms with van der Waals surface area (Å²) in [5.41, 5.74) is 1.26.